The van der Waals surface area contributed by atoms with Crippen LogP contribution in [-0.4, -0.2) is 19.1 Å². The van der Waals surface area contributed by atoms with Gasteiger partial charge >= 0.3 is 0 Å². The van der Waals surface area contributed by atoms with Gasteiger partial charge in [0.25, 0.3) is 0 Å². The number of hydrogen-bond donors (Lipinski definition) is 0. The Morgan fingerprint density at radius 2 is 2.07 bits per heavy atom. The van der Waals surface area contributed by atoms with E-state index >= 15 is 0 Å². The molecule has 2 nitrogen and oxygen atoms in total. The van der Waals surface area contributed by atoms with Gasteiger partial charge in [-0.3, -0.25) is 4.79 Å². The third-order valence-corrected chi connectivity index (χ3v) is 2.64. The smallest absolute Gasteiger partial charge is 0.145 e. The molecular weight excluding hydrogens is 208 g/mol. The fourth-order valence-corrected chi connectivity index (χ4v) is 1.40. The number of aldehydes is 1. The number of thioether (sulfide) groups is 1. The van der Waals surface area contributed by atoms with Crippen molar-refractivity contribution in [2.24, 2.45) is 0 Å². The molecule has 0 unspecified atom stereocenters. The number of allylic oxidation sites excluding steroid dienone is 1. The number of carbonyl (C=O) groups excluding carboxylic acids is 1. The molecule has 0 saturated carbocycles. The van der Waals surface area contributed by atoms with Crippen molar-refractivity contribution >= 4 is 18.0 Å². The lowest BCUT2D eigenvalue weighted by Crippen LogP contribution is -1.94. The summed E-state index contributed by atoms with van der Waals surface area (Å²) < 4.78 is 5.43. The minimum absolute atomic E-state index is 0.434. The number of rotatable bonds is 5. The highest BCUT2D eigenvalue weighted by atomic mass is 32.2. The van der Waals surface area contributed by atoms with Crippen molar-refractivity contribution in [2.75, 3.05) is 12.9 Å². The first-order valence-electron chi connectivity index (χ1n) is 4.65. The third-order valence-electron chi connectivity index (χ3n) is 1.90. The van der Waals surface area contributed by atoms with Crippen molar-refractivity contribution in [3.05, 3.63) is 35.9 Å². The van der Waals surface area contributed by atoms with Gasteiger partial charge in [-0.25, -0.2) is 0 Å². The van der Waals surface area contributed by atoms with Crippen molar-refractivity contribution in [2.45, 2.75) is 11.8 Å². The van der Waals surface area contributed by atoms with Crippen LogP contribution in [0.4, 0.5) is 0 Å². The van der Waals surface area contributed by atoms with Crippen LogP contribution in [0, 0.1) is 0 Å². The zero-order chi connectivity index (χ0) is 11.1. The van der Waals surface area contributed by atoms with Gasteiger partial charge in [0.2, 0.25) is 0 Å². The Kier molecular flexibility index (Phi) is 4.98. The summed E-state index contributed by atoms with van der Waals surface area (Å²) in [6.45, 7) is 2.19. The Labute approximate surface area is 94.3 Å². The van der Waals surface area contributed by atoms with Gasteiger partial charge in [-0.1, -0.05) is 0 Å². The van der Waals surface area contributed by atoms with Crippen LogP contribution in [0.25, 0.3) is 0 Å². The van der Waals surface area contributed by atoms with E-state index in [0.717, 1.165) is 12.0 Å². The van der Waals surface area contributed by atoms with Crippen LogP contribution in [0.15, 0.2) is 40.8 Å². The molecule has 0 aliphatic heterocycles. The number of hydrogen-bond acceptors (Lipinski definition) is 3. The molecule has 0 saturated heterocycles. The van der Waals surface area contributed by atoms with Crippen molar-refractivity contribution in [1.82, 2.24) is 0 Å². The maximum atomic E-state index is 10.3. The maximum absolute atomic E-state index is 10.3. The van der Waals surface area contributed by atoms with E-state index in [2.05, 4.69) is 0 Å². The second kappa shape index (κ2) is 6.30. The highest BCUT2D eigenvalue weighted by molar-refractivity contribution is 7.98. The summed E-state index contributed by atoms with van der Waals surface area (Å²) in [6, 6.07) is 7.87. The van der Waals surface area contributed by atoms with Crippen molar-refractivity contribution in [3.63, 3.8) is 0 Å². The molecule has 80 valence electrons. The molecule has 0 aromatic heterocycles. The van der Waals surface area contributed by atoms with E-state index in [1.165, 1.54) is 4.90 Å². The van der Waals surface area contributed by atoms with E-state index in [1.54, 1.807) is 24.8 Å². The van der Waals surface area contributed by atoms with Gasteiger partial charge < -0.3 is 4.74 Å². The molecule has 0 N–H and O–H groups in total. The van der Waals surface area contributed by atoms with Crippen molar-refractivity contribution in [1.29, 1.82) is 0 Å². The fourth-order valence-electron chi connectivity index (χ4n) is 0.989. The molecule has 1 rings (SSSR count). The number of carbonyl (C=O) groups is 1. The Morgan fingerprint density at radius 1 is 1.40 bits per heavy atom. The summed E-state index contributed by atoms with van der Waals surface area (Å²) in [5.74, 6) is 0.822. The molecule has 1 aromatic rings. The second-order valence-corrected chi connectivity index (χ2v) is 3.93. The molecule has 0 radical (unpaired) electrons. The predicted molar refractivity (Wildman–Crippen MR) is 63.5 cm³/mol. The molecule has 1 aromatic carbocycles. The molecule has 0 bridgehead atoms. The molecule has 0 amide bonds. The number of ether oxygens (including phenoxy) is 1. The highest BCUT2D eigenvalue weighted by Crippen LogP contribution is 2.18. The molecule has 0 spiro atoms. The minimum Gasteiger partial charge on any atom is -0.490 e. The van der Waals surface area contributed by atoms with Crippen LogP contribution in [0.5, 0.6) is 5.75 Å². The van der Waals surface area contributed by atoms with Crippen LogP contribution in [0.3, 0.4) is 0 Å². The predicted octanol–water partition coefficient (Wildman–Crippen LogP) is 2.93. The summed E-state index contributed by atoms with van der Waals surface area (Å²) in [7, 11) is 0. The van der Waals surface area contributed by atoms with Gasteiger partial charge in [0.05, 0.1) is 0 Å². The quantitative estimate of drug-likeness (QED) is 0.435. The summed E-state index contributed by atoms with van der Waals surface area (Å²) >= 11 is 1.70. The largest absolute Gasteiger partial charge is 0.490 e. The Balaban J connectivity index is 2.47. The van der Waals surface area contributed by atoms with Gasteiger partial charge in [0.15, 0.2) is 0 Å². The zero-order valence-corrected chi connectivity index (χ0v) is 9.71. The highest BCUT2D eigenvalue weighted by Gasteiger charge is 1.93. The van der Waals surface area contributed by atoms with Crippen LogP contribution in [-0.2, 0) is 4.79 Å². The molecule has 0 fully saturated rings. The summed E-state index contributed by atoms with van der Waals surface area (Å²) in [5, 5.41) is 0. The van der Waals surface area contributed by atoms with Crippen LogP contribution >= 0.6 is 11.8 Å². The average Bonchev–Trinajstić information content (AvgIpc) is 2.29. The molecule has 0 atom stereocenters. The Bertz CT molecular complexity index is 341. The third kappa shape index (κ3) is 4.21. The van der Waals surface area contributed by atoms with Gasteiger partial charge in [-0.15, -0.1) is 11.8 Å². The lowest BCUT2D eigenvalue weighted by atomic mass is 10.3. The number of benzene rings is 1. The molecule has 0 aliphatic rings. The van der Waals surface area contributed by atoms with Gasteiger partial charge in [-0.2, -0.15) is 0 Å². The van der Waals surface area contributed by atoms with E-state index in [1.807, 2.05) is 30.5 Å². The van der Waals surface area contributed by atoms with E-state index in [-0.39, 0.29) is 0 Å². The van der Waals surface area contributed by atoms with Crippen LogP contribution in [0.2, 0.25) is 0 Å². The zero-order valence-electron chi connectivity index (χ0n) is 8.90. The second-order valence-electron chi connectivity index (χ2n) is 3.05. The molecule has 15 heavy (non-hydrogen) atoms. The molecule has 0 heterocycles. The lowest BCUT2D eigenvalue weighted by molar-refractivity contribution is -0.104. The average molecular weight is 222 g/mol. The fraction of sp³-hybridized carbons (Fsp3) is 0.250. The summed E-state index contributed by atoms with van der Waals surface area (Å²) in [5.41, 5.74) is 0.690. The molecule has 0 aliphatic carbocycles. The van der Waals surface area contributed by atoms with E-state index in [4.69, 9.17) is 4.74 Å². The van der Waals surface area contributed by atoms with Crippen molar-refractivity contribution in [3.8, 4) is 5.75 Å². The lowest BCUT2D eigenvalue weighted by Gasteiger charge is -2.03. The minimum atomic E-state index is 0.434. The molecular formula is C12H14O2S. The maximum Gasteiger partial charge on any atom is 0.145 e. The van der Waals surface area contributed by atoms with E-state index in [0.29, 0.717) is 12.2 Å². The van der Waals surface area contributed by atoms with Gasteiger partial charge in [0, 0.05) is 4.90 Å². The molecule has 3 heteroatoms. The Hall–Kier alpha value is -1.22. The first kappa shape index (κ1) is 11.9. The standard InChI is InChI=1S/C12H14O2S/c1-10(9-13)7-8-14-11-3-5-12(15-2)6-4-11/h3-7,9H,8H2,1-2H3/b10-7+. The van der Waals surface area contributed by atoms with E-state index in [9.17, 15) is 4.79 Å². The van der Waals surface area contributed by atoms with Gasteiger partial charge in [0.1, 0.15) is 18.6 Å². The monoisotopic (exact) mass is 222 g/mol. The van der Waals surface area contributed by atoms with Crippen LogP contribution < -0.4 is 4.74 Å². The Morgan fingerprint density at radius 3 is 2.60 bits per heavy atom. The van der Waals surface area contributed by atoms with Crippen molar-refractivity contribution < 1.29 is 9.53 Å². The topological polar surface area (TPSA) is 26.3 Å². The van der Waals surface area contributed by atoms with E-state index < -0.39 is 0 Å². The SMILES string of the molecule is CSc1ccc(OC/C=C(\C)C=O)cc1. The summed E-state index contributed by atoms with van der Waals surface area (Å²) in [6.07, 6.45) is 4.61. The normalized spacial score (nSPS) is 11.2. The van der Waals surface area contributed by atoms with Crippen LogP contribution in [0.1, 0.15) is 6.92 Å². The first-order valence-corrected chi connectivity index (χ1v) is 5.87. The summed E-state index contributed by atoms with van der Waals surface area (Å²) in [4.78, 5) is 11.5. The van der Waals surface area contributed by atoms with Gasteiger partial charge in [-0.05, 0) is 49.1 Å². The first-order chi connectivity index (χ1) is 7.26.